The molecule has 5 nitrogen and oxygen atoms in total. The minimum Gasteiger partial charge on any atom is -0.399 e. The van der Waals surface area contributed by atoms with E-state index in [0.717, 1.165) is 22.0 Å². The van der Waals surface area contributed by atoms with Crippen molar-refractivity contribution in [3.63, 3.8) is 0 Å². The Bertz CT molecular complexity index is 747. The lowest BCUT2D eigenvalue weighted by Crippen LogP contribution is -2.35. The van der Waals surface area contributed by atoms with Crippen molar-refractivity contribution in [3.05, 3.63) is 42.1 Å². The summed E-state index contributed by atoms with van der Waals surface area (Å²) in [5.74, 6) is 1.07. The first-order valence-electron chi connectivity index (χ1n) is 8.01. The van der Waals surface area contributed by atoms with Crippen LogP contribution in [0.4, 0.5) is 11.5 Å². The van der Waals surface area contributed by atoms with Crippen LogP contribution in [0.25, 0.3) is 0 Å². The van der Waals surface area contributed by atoms with Crippen LogP contribution in [0.2, 0.25) is 0 Å². The summed E-state index contributed by atoms with van der Waals surface area (Å²) in [6.45, 7) is 0. The molecule has 1 aliphatic heterocycles. The van der Waals surface area contributed by atoms with Crippen LogP contribution in [-0.4, -0.2) is 10.9 Å². The second kappa shape index (κ2) is 5.62. The molecule has 0 radical (unpaired) electrons. The molecule has 4 rings (SSSR count). The molecule has 2 heterocycles. The molecule has 120 valence electrons. The zero-order valence-corrected chi connectivity index (χ0v) is 13.7. The molecule has 0 saturated heterocycles. The van der Waals surface area contributed by atoms with Crippen LogP contribution in [0.3, 0.4) is 0 Å². The molecule has 1 saturated carbocycles. The summed E-state index contributed by atoms with van der Waals surface area (Å²) in [5.41, 5.74) is 14.3. The largest absolute Gasteiger partial charge is 0.399 e. The standard InChI is InChI=1S/C17H21N5S/c18-12-4-3-7-14(10-12)23-17(19)15-8-9-22(13-5-1-2-6-13)16(15)20-11-21-17/h3-4,7-11,13H,1-2,5-6,18-19H2,(H,20,21). The molecule has 1 aliphatic carbocycles. The number of aliphatic imine (C=N–C) groups is 1. The fourth-order valence-electron chi connectivity index (χ4n) is 3.47. The van der Waals surface area contributed by atoms with Gasteiger partial charge in [-0.25, -0.2) is 4.99 Å². The van der Waals surface area contributed by atoms with Gasteiger partial charge in [-0.15, -0.1) is 0 Å². The highest BCUT2D eigenvalue weighted by atomic mass is 32.2. The SMILES string of the molecule is Nc1cccc(SC2(N)N=CNc3c2ccn3C2CCCC2)c1. The van der Waals surface area contributed by atoms with Gasteiger partial charge in [0.15, 0.2) is 4.99 Å². The van der Waals surface area contributed by atoms with Gasteiger partial charge in [0.25, 0.3) is 0 Å². The molecule has 2 aliphatic rings. The number of nitrogens with zero attached hydrogens (tertiary/aromatic N) is 2. The number of fused-ring (bicyclic) bond motifs is 1. The molecule has 0 amide bonds. The normalized spacial score (nSPS) is 23.7. The van der Waals surface area contributed by atoms with Crippen molar-refractivity contribution in [2.24, 2.45) is 10.7 Å². The van der Waals surface area contributed by atoms with Gasteiger partial charge in [-0.2, -0.15) is 0 Å². The second-order valence-electron chi connectivity index (χ2n) is 6.20. The molecule has 1 atom stereocenters. The Morgan fingerprint density at radius 2 is 2.09 bits per heavy atom. The summed E-state index contributed by atoms with van der Waals surface area (Å²) in [4.78, 5) is 4.72. The topological polar surface area (TPSA) is 81.4 Å². The minimum atomic E-state index is -0.821. The van der Waals surface area contributed by atoms with Crippen LogP contribution in [0.5, 0.6) is 0 Å². The lowest BCUT2D eigenvalue weighted by Gasteiger charge is -2.29. The van der Waals surface area contributed by atoms with Crippen LogP contribution in [0.15, 0.2) is 46.4 Å². The van der Waals surface area contributed by atoms with E-state index in [4.69, 9.17) is 11.5 Å². The van der Waals surface area contributed by atoms with Crippen molar-refractivity contribution in [2.75, 3.05) is 11.1 Å². The van der Waals surface area contributed by atoms with Crippen molar-refractivity contribution in [1.29, 1.82) is 0 Å². The molecule has 0 bridgehead atoms. The zero-order valence-electron chi connectivity index (χ0n) is 12.9. The molecule has 6 heteroatoms. The van der Waals surface area contributed by atoms with Gasteiger partial charge in [0.2, 0.25) is 0 Å². The third-order valence-electron chi connectivity index (χ3n) is 4.61. The van der Waals surface area contributed by atoms with Crippen molar-refractivity contribution >= 4 is 29.6 Å². The first-order chi connectivity index (χ1) is 11.2. The highest BCUT2D eigenvalue weighted by Gasteiger charge is 2.35. The summed E-state index contributed by atoms with van der Waals surface area (Å²) < 4.78 is 2.33. The monoisotopic (exact) mass is 327 g/mol. The van der Waals surface area contributed by atoms with E-state index in [2.05, 4.69) is 27.1 Å². The third kappa shape index (κ3) is 2.62. The second-order valence-corrected chi connectivity index (χ2v) is 7.50. The van der Waals surface area contributed by atoms with Crippen LogP contribution < -0.4 is 16.8 Å². The van der Waals surface area contributed by atoms with E-state index in [-0.39, 0.29) is 0 Å². The van der Waals surface area contributed by atoms with Crippen LogP contribution in [-0.2, 0) is 4.99 Å². The number of hydrogen-bond donors (Lipinski definition) is 3. The molecule has 0 spiro atoms. The lowest BCUT2D eigenvalue weighted by atomic mass is 10.2. The maximum absolute atomic E-state index is 6.64. The number of nitrogens with one attached hydrogen (secondary N) is 1. The molecule has 2 aromatic rings. The molecule has 1 unspecified atom stereocenters. The molecular formula is C17H21N5S. The molecule has 1 aromatic heterocycles. The molecule has 1 fully saturated rings. The van der Waals surface area contributed by atoms with Gasteiger partial charge in [0.1, 0.15) is 5.82 Å². The van der Waals surface area contributed by atoms with Gasteiger partial charge < -0.3 is 15.6 Å². The maximum atomic E-state index is 6.64. The molecule has 23 heavy (non-hydrogen) atoms. The first-order valence-corrected chi connectivity index (χ1v) is 8.82. The Hall–Kier alpha value is -1.92. The van der Waals surface area contributed by atoms with E-state index in [9.17, 15) is 0 Å². The highest BCUT2D eigenvalue weighted by Crippen LogP contribution is 2.45. The number of hydrogen-bond acceptors (Lipinski definition) is 5. The van der Waals surface area contributed by atoms with Crippen molar-refractivity contribution < 1.29 is 0 Å². The third-order valence-corrected chi connectivity index (χ3v) is 5.73. The van der Waals surface area contributed by atoms with Gasteiger partial charge in [-0.1, -0.05) is 30.7 Å². The number of aromatic nitrogens is 1. The van der Waals surface area contributed by atoms with Crippen molar-refractivity contribution in [3.8, 4) is 0 Å². The van der Waals surface area contributed by atoms with Crippen LogP contribution in [0, 0.1) is 0 Å². The van der Waals surface area contributed by atoms with Gasteiger partial charge in [-0.05, 0) is 37.1 Å². The van der Waals surface area contributed by atoms with E-state index < -0.39 is 4.99 Å². The Morgan fingerprint density at radius 1 is 1.26 bits per heavy atom. The summed E-state index contributed by atoms with van der Waals surface area (Å²) in [6, 6.07) is 10.4. The van der Waals surface area contributed by atoms with E-state index in [1.807, 2.05) is 24.3 Å². The Morgan fingerprint density at radius 3 is 2.87 bits per heavy atom. The van der Waals surface area contributed by atoms with Crippen LogP contribution in [0.1, 0.15) is 37.3 Å². The van der Waals surface area contributed by atoms with Crippen molar-refractivity contribution in [2.45, 2.75) is 41.6 Å². The summed E-state index contributed by atoms with van der Waals surface area (Å²) in [7, 11) is 0. The molecule has 1 aromatic carbocycles. The van der Waals surface area contributed by atoms with Crippen molar-refractivity contribution in [1.82, 2.24) is 4.57 Å². The Balaban J connectivity index is 1.68. The predicted molar refractivity (Wildman–Crippen MR) is 96.6 cm³/mol. The van der Waals surface area contributed by atoms with Gasteiger partial charge in [0, 0.05) is 28.4 Å². The fraction of sp³-hybridized carbons (Fsp3) is 0.353. The molecular weight excluding hydrogens is 306 g/mol. The number of benzene rings is 1. The zero-order chi connectivity index (χ0) is 15.9. The minimum absolute atomic E-state index is 0.569. The van der Waals surface area contributed by atoms with Gasteiger partial charge in [0.05, 0.1) is 6.34 Å². The van der Waals surface area contributed by atoms with E-state index in [1.54, 1.807) is 6.34 Å². The number of nitrogen functional groups attached to an aromatic ring is 1. The van der Waals surface area contributed by atoms with Gasteiger partial charge >= 0.3 is 0 Å². The highest BCUT2D eigenvalue weighted by molar-refractivity contribution is 8.00. The van der Waals surface area contributed by atoms with Gasteiger partial charge in [-0.3, -0.25) is 5.73 Å². The molecule has 5 N–H and O–H groups in total. The number of rotatable bonds is 3. The average molecular weight is 327 g/mol. The fourth-order valence-corrected chi connectivity index (χ4v) is 4.55. The Labute approximate surface area is 140 Å². The number of nitrogens with two attached hydrogens (primary N) is 2. The smallest absolute Gasteiger partial charge is 0.191 e. The summed E-state index contributed by atoms with van der Waals surface area (Å²) in [6.07, 6.45) is 8.94. The summed E-state index contributed by atoms with van der Waals surface area (Å²) in [5, 5.41) is 3.29. The Kier molecular flexibility index (Phi) is 3.58. The van der Waals surface area contributed by atoms with E-state index >= 15 is 0 Å². The number of thioether (sulfide) groups is 1. The quantitative estimate of drug-likeness (QED) is 0.595. The predicted octanol–water partition coefficient (Wildman–Crippen LogP) is 3.50. The first kappa shape index (κ1) is 14.7. The maximum Gasteiger partial charge on any atom is 0.191 e. The van der Waals surface area contributed by atoms with E-state index in [0.29, 0.717) is 6.04 Å². The number of anilines is 2. The average Bonchev–Trinajstić information content (AvgIpc) is 3.16. The van der Waals surface area contributed by atoms with E-state index in [1.165, 1.54) is 37.4 Å². The summed E-state index contributed by atoms with van der Waals surface area (Å²) >= 11 is 1.53. The lowest BCUT2D eigenvalue weighted by molar-refractivity contribution is 0.524. The van der Waals surface area contributed by atoms with Crippen LogP contribution >= 0.6 is 11.8 Å².